The Balaban J connectivity index is 4.47. The molecule has 0 spiro atoms. The Morgan fingerprint density at radius 2 is 1.52 bits per heavy atom. The summed E-state index contributed by atoms with van der Waals surface area (Å²) in [6, 6.07) is 0. The standard InChI is InChI=1S/C15H28N2O4/c1-10(2)15(6,8-13(20)21)17-12(19)9-16-11(18)7-14(3,4)5/h10H,7-9H2,1-6H3,(H,16,18)(H,17,19)(H,20,21). The molecule has 1 atom stereocenters. The van der Waals surface area contributed by atoms with Gasteiger partial charge in [0.1, 0.15) is 0 Å². The molecule has 2 amide bonds. The van der Waals surface area contributed by atoms with Crippen molar-refractivity contribution < 1.29 is 19.5 Å². The van der Waals surface area contributed by atoms with Crippen molar-refractivity contribution in [2.24, 2.45) is 11.3 Å². The molecule has 0 aromatic carbocycles. The van der Waals surface area contributed by atoms with Gasteiger partial charge in [-0.1, -0.05) is 34.6 Å². The maximum atomic E-state index is 11.9. The number of rotatable bonds is 7. The van der Waals surface area contributed by atoms with Gasteiger partial charge in [-0.3, -0.25) is 14.4 Å². The first-order valence-electron chi connectivity index (χ1n) is 7.15. The van der Waals surface area contributed by atoms with Crippen LogP contribution in [0.3, 0.4) is 0 Å². The second kappa shape index (κ2) is 7.43. The normalized spacial score (nSPS) is 14.4. The third-order valence-corrected chi connectivity index (χ3v) is 3.35. The van der Waals surface area contributed by atoms with Gasteiger partial charge in [-0.05, 0) is 18.3 Å². The van der Waals surface area contributed by atoms with E-state index in [9.17, 15) is 14.4 Å². The Bertz CT molecular complexity index is 399. The highest BCUT2D eigenvalue weighted by molar-refractivity contribution is 5.85. The zero-order valence-corrected chi connectivity index (χ0v) is 13.9. The molecule has 0 aliphatic rings. The SMILES string of the molecule is CC(C)C(C)(CC(=O)O)NC(=O)CNC(=O)CC(C)(C)C. The topological polar surface area (TPSA) is 95.5 Å². The van der Waals surface area contributed by atoms with Crippen LogP contribution in [0.2, 0.25) is 0 Å². The van der Waals surface area contributed by atoms with Crippen molar-refractivity contribution in [3.05, 3.63) is 0 Å². The van der Waals surface area contributed by atoms with E-state index >= 15 is 0 Å². The van der Waals surface area contributed by atoms with Crippen LogP contribution in [0.15, 0.2) is 0 Å². The summed E-state index contributed by atoms with van der Waals surface area (Å²) in [6.07, 6.45) is 0.170. The molecule has 0 rings (SSSR count). The van der Waals surface area contributed by atoms with Crippen LogP contribution in [-0.2, 0) is 14.4 Å². The lowest BCUT2D eigenvalue weighted by Crippen LogP contribution is -2.53. The Hall–Kier alpha value is -1.59. The quantitative estimate of drug-likeness (QED) is 0.664. The van der Waals surface area contributed by atoms with Gasteiger partial charge in [0.05, 0.1) is 18.5 Å². The zero-order chi connectivity index (χ0) is 16.8. The van der Waals surface area contributed by atoms with Crippen molar-refractivity contribution in [3.8, 4) is 0 Å². The Morgan fingerprint density at radius 1 is 1.00 bits per heavy atom. The smallest absolute Gasteiger partial charge is 0.305 e. The monoisotopic (exact) mass is 300 g/mol. The minimum absolute atomic E-state index is 0.0390. The molecule has 3 N–H and O–H groups in total. The Labute approximate surface area is 126 Å². The molecule has 0 radical (unpaired) electrons. The maximum Gasteiger partial charge on any atom is 0.305 e. The highest BCUT2D eigenvalue weighted by Crippen LogP contribution is 2.20. The van der Waals surface area contributed by atoms with Crippen LogP contribution in [0.4, 0.5) is 0 Å². The number of carbonyl (C=O) groups is 3. The van der Waals surface area contributed by atoms with Crippen LogP contribution >= 0.6 is 0 Å². The van der Waals surface area contributed by atoms with Gasteiger partial charge in [0.25, 0.3) is 0 Å². The van der Waals surface area contributed by atoms with Crippen molar-refractivity contribution in [2.45, 2.75) is 59.9 Å². The molecule has 6 nitrogen and oxygen atoms in total. The van der Waals surface area contributed by atoms with Crippen molar-refractivity contribution >= 4 is 17.8 Å². The van der Waals surface area contributed by atoms with E-state index in [0.717, 1.165) is 0 Å². The van der Waals surface area contributed by atoms with Gasteiger partial charge in [-0.15, -0.1) is 0 Å². The summed E-state index contributed by atoms with van der Waals surface area (Å²) in [4.78, 5) is 34.5. The van der Waals surface area contributed by atoms with Gasteiger partial charge in [0, 0.05) is 6.42 Å². The van der Waals surface area contributed by atoms with Crippen LogP contribution < -0.4 is 10.6 Å². The number of carboxylic acids is 1. The Morgan fingerprint density at radius 3 is 1.90 bits per heavy atom. The van der Waals surface area contributed by atoms with Gasteiger partial charge in [0.15, 0.2) is 0 Å². The van der Waals surface area contributed by atoms with Gasteiger partial charge in [-0.25, -0.2) is 0 Å². The molecule has 0 aliphatic carbocycles. The molecule has 0 aromatic heterocycles. The van der Waals surface area contributed by atoms with E-state index in [2.05, 4.69) is 10.6 Å². The molecule has 0 heterocycles. The summed E-state index contributed by atoms with van der Waals surface area (Å²) >= 11 is 0. The van der Waals surface area contributed by atoms with Crippen molar-refractivity contribution in [3.63, 3.8) is 0 Å². The summed E-state index contributed by atoms with van der Waals surface area (Å²) < 4.78 is 0. The number of nitrogens with one attached hydrogen (secondary N) is 2. The first-order chi connectivity index (χ1) is 9.35. The van der Waals surface area contributed by atoms with Gasteiger partial charge in [-0.2, -0.15) is 0 Å². The first kappa shape index (κ1) is 19.4. The van der Waals surface area contributed by atoms with Crippen molar-refractivity contribution in [2.75, 3.05) is 6.54 Å². The minimum atomic E-state index is -0.969. The average molecular weight is 300 g/mol. The molecule has 1 unspecified atom stereocenters. The van der Waals surface area contributed by atoms with E-state index in [1.807, 2.05) is 34.6 Å². The van der Waals surface area contributed by atoms with Gasteiger partial charge < -0.3 is 15.7 Å². The summed E-state index contributed by atoms with van der Waals surface area (Å²) in [5.74, 6) is -1.58. The molecular weight excluding hydrogens is 272 g/mol. The predicted molar refractivity (Wildman–Crippen MR) is 80.7 cm³/mol. The maximum absolute atomic E-state index is 11.9. The Kier molecular flexibility index (Phi) is 6.86. The minimum Gasteiger partial charge on any atom is -0.481 e. The van der Waals surface area contributed by atoms with Crippen molar-refractivity contribution in [1.82, 2.24) is 10.6 Å². The summed E-state index contributed by atoms with van der Waals surface area (Å²) in [7, 11) is 0. The predicted octanol–water partition coefficient (Wildman–Crippen LogP) is 1.54. The van der Waals surface area contributed by atoms with Crippen LogP contribution in [-0.4, -0.2) is 35.0 Å². The van der Waals surface area contributed by atoms with Crippen LogP contribution in [0.1, 0.15) is 54.4 Å². The fraction of sp³-hybridized carbons (Fsp3) is 0.800. The van der Waals surface area contributed by atoms with E-state index in [4.69, 9.17) is 5.11 Å². The molecule has 122 valence electrons. The summed E-state index contributed by atoms with van der Waals surface area (Å²) in [5.41, 5.74) is -0.978. The third kappa shape index (κ3) is 8.32. The lowest BCUT2D eigenvalue weighted by molar-refractivity contribution is -0.139. The molecule has 0 bridgehead atoms. The largest absolute Gasteiger partial charge is 0.481 e. The highest BCUT2D eigenvalue weighted by Gasteiger charge is 2.32. The number of carboxylic acid groups (broad SMARTS) is 1. The fourth-order valence-corrected chi connectivity index (χ4v) is 1.79. The third-order valence-electron chi connectivity index (χ3n) is 3.35. The fourth-order valence-electron chi connectivity index (χ4n) is 1.79. The number of aliphatic carboxylic acids is 1. The van der Waals surface area contributed by atoms with E-state index in [-0.39, 0.29) is 36.1 Å². The van der Waals surface area contributed by atoms with Crippen LogP contribution in [0.25, 0.3) is 0 Å². The second-order valence-corrected chi connectivity index (χ2v) is 7.21. The lowest BCUT2D eigenvalue weighted by Gasteiger charge is -2.33. The van der Waals surface area contributed by atoms with Crippen molar-refractivity contribution in [1.29, 1.82) is 0 Å². The molecule has 0 aromatic rings. The van der Waals surface area contributed by atoms with Crippen LogP contribution in [0.5, 0.6) is 0 Å². The second-order valence-electron chi connectivity index (χ2n) is 7.21. The average Bonchev–Trinajstić information content (AvgIpc) is 2.22. The van der Waals surface area contributed by atoms with Crippen LogP contribution in [0, 0.1) is 11.3 Å². The lowest BCUT2D eigenvalue weighted by atomic mass is 9.85. The molecule has 0 aliphatic heterocycles. The first-order valence-corrected chi connectivity index (χ1v) is 7.15. The number of amides is 2. The number of carbonyl (C=O) groups excluding carboxylic acids is 2. The zero-order valence-electron chi connectivity index (χ0n) is 13.9. The molecular formula is C15H28N2O4. The summed E-state index contributed by atoms with van der Waals surface area (Å²) in [5, 5.41) is 14.2. The molecule has 0 saturated carbocycles. The van der Waals surface area contributed by atoms with Gasteiger partial charge in [0.2, 0.25) is 11.8 Å². The van der Waals surface area contributed by atoms with Gasteiger partial charge >= 0.3 is 5.97 Å². The van der Waals surface area contributed by atoms with E-state index in [0.29, 0.717) is 6.42 Å². The molecule has 21 heavy (non-hydrogen) atoms. The number of hydrogen-bond donors (Lipinski definition) is 3. The van der Waals surface area contributed by atoms with E-state index in [1.165, 1.54) is 0 Å². The molecule has 6 heteroatoms. The highest BCUT2D eigenvalue weighted by atomic mass is 16.4. The molecule has 0 saturated heterocycles. The molecule has 0 fully saturated rings. The number of hydrogen-bond acceptors (Lipinski definition) is 3. The van der Waals surface area contributed by atoms with E-state index in [1.54, 1.807) is 6.92 Å². The summed E-state index contributed by atoms with van der Waals surface area (Å²) in [6.45, 7) is 11.1. The van der Waals surface area contributed by atoms with E-state index < -0.39 is 11.5 Å².